The number of anilines is 1. The molecule has 1 atom stereocenters. The Labute approximate surface area is 151 Å². The van der Waals surface area contributed by atoms with Gasteiger partial charge in [0, 0.05) is 30.0 Å². The van der Waals surface area contributed by atoms with Gasteiger partial charge < -0.3 is 5.32 Å². The molecule has 6 nitrogen and oxygen atoms in total. The van der Waals surface area contributed by atoms with Crippen LogP contribution in [0.25, 0.3) is 0 Å². The molecule has 1 aliphatic rings. The van der Waals surface area contributed by atoms with Gasteiger partial charge >= 0.3 is 6.03 Å². The lowest BCUT2D eigenvalue weighted by Crippen LogP contribution is -2.38. The van der Waals surface area contributed by atoms with Crippen LogP contribution in [-0.2, 0) is 0 Å². The second-order valence-corrected chi connectivity index (χ2v) is 6.12. The zero-order valence-corrected chi connectivity index (χ0v) is 14.2. The average Bonchev–Trinajstić information content (AvgIpc) is 3.23. The summed E-state index contributed by atoms with van der Waals surface area (Å²) < 4.78 is 0. The molecule has 0 saturated heterocycles. The Kier molecular flexibility index (Phi) is 4.47. The van der Waals surface area contributed by atoms with Crippen LogP contribution in [0.5, 0.6) is 0 Å². The van der Waals surface area contributed by atoms with Crippen LogP contribution in [0.15, 0.2) is 78.0 Å². The van der Waals surface area contributed by atoms with Crippen molar-refractivity contribution in [3.05, 3.63) is 84.2 Å². The standard InChI is InChI=1S/C20H19N5O/c26-20(22-16-9-5-2-6-10-16)25-14-12-17(18-11-13-21-23-18)19(24-25)15-7-3-1-4-8-15/h1-11,13,17H,12,14H2,(H,21,23)(H,22,26). The highest BCUT2D eigenvalue weighted by atomic mass is 16.2. The maximum atomic E-state index is 12.6. The summed E-state index contributed by atoms with van der Waals surface area (Å²) >= 11 is 0. The predicted molar refractivity (Wildman–Crippen MR) is 101 cm³/mol. The first-order chi connectivity index (χ1) is 12.8. The molecule has 1 aromatic heterocycles. The topological polar surface area (TPSA) is 73.4 Å². The lowest BCUT2D eigenvalue weighted by atomic mass is 9.90. The van der Waals surface area contributed by atoms with E-state index >= 15 is 0 Å². The number of carbonyl (C=O) groups excluding carboxylic acids is 1. The first-order valence-corrected chi connectivity index (χ1v) is 8.58. The summed E-state index contributed by atoms with van der Waals surface area (Å²) in [5.41, 5.74) is 3.63. The number of aromatic amines is 1. The molecule has 2 amide bonds. The highest BCUT2D eigenvalue weighted by Gasteiger charge is 2.29. The Morgan fingerprint density at radius 1 is 1.04 bits per heavy atom. The minimum absolute atomic E-state index is 0.0840. The number of nitrogens with one attached hydrogen (secondary N) is 2. The molecular weight excluding hydrogens is 326 g/mol. The van der Waals surface area contributed by atoms with Crippen molar-refractivity contribution in [2.24, 2.45) is 5.10 Å². The van der Waals surface area contributed by atoms with Gasteiger partial charge in [-0.25, -0.2) is 9.80 Å². The molecule has 1 aliphatic heterocycles. The zero-order chi connectivity index (χ0) is 17.8. The quantitative estimate of drug-likeness (QED) is 0.757. The maximum Gasteiger partial charge on any atom is 0.342 e. The van der Waals surface area contributed by atoms with Crippen LogP contribution in [0.4, 0.5) is 10.5 Å². The number of para-hydroxylation sites is 1. The molecule has 0 bridgehead atoms. The van der Waals surface area contributed by atoms with Crippen molar-refractivity contribution >= 4 is 17.4 Å². The van der Waals surface area contributed by atoms with E-state index in [1.54, 1.807) is 6.20 Å². The number of rotatable bonds is 3. The van der Waals surface area contributed by atoms with E-state index in [1.165, 1.54) is 5.01 Å². The van der Waals surface area contributed by atoms with Gasteiger partial charge in [-0.3, -0.25) is 5.10 Å². The Bertz CT molecular complexity index is 890. The molecule has 2 N–H and O–H groups in total. The number of benzene rings is 2. The average molecular weight is 345 g/mol. The molecule has 0 spiro atoms. The Morgan fingerprint density at radius 3 is 2.46 bits per heavy atom. The zero-order valence-electron chi connectivity index (χ0n) is 14.2. The molecule has 0 radical (unpaired) electrons. The summed E-state index contributed by atoms with van der Waals surface area (Å²) in [5.74, 6) is 0.0840. The number of amides is 2. The number of hydrogen-bond acceptors (Lipinski definition) is 3. The first-order valence-electron chi connectivity index (χ1n) is 8.58. The maximum absolute atomic E-state index is 12.6. The molecule has 4 rings (SSSR count). The summed E-state index contributed by atoms with van der Waals surface area (Å²) in [5, 5.41) is 16.2. The normalized spacial score (nSPS) is 16.8. The van der Waals surface area contributed by atoms with Gasteiger partial charge in [0.05, 0.1) is 5.71 Å². The summed E-state index contributed by atoms with van der Waals surface area (Å²) in [4.78, 5) is 12.6. The fourth-order valence-electron chi connectivity index (χ4n) is 3.13. The lowest BCUT2D eigenvalue weighted by Gasteiger charge is -2.29. The van der Waals surface area contributed by atoms with E-state index in [1.807, 2.05) is 66.7 Å². The molecule has 0 saturated carbocycles. The minimum Gasteiger partial charge on any atom is -0.306 e. The van der Waals surface area contributed by atoms with Gasteiger partial charge in [-0.2, -0.15) is 10.2 Å². The van der Waals surface area contributed by atoms with Crippen molar-refractivity contribution in [2.45, 2.75) is 12.3 Å². The number of nitrogens with zero attached hydrogens (tertiary/aromatic N) is 3. The lowest BCUT2D eigenvalue weighted by molar-refractivity contribution is 0.209. The van der Waals surface area contributed by atoms with Crippen molar-refractivity contribution in [3.8, 4) is 0 Å². The van der Waals surface area contributed by atoms with E-state index in [9.17, 15) is 4.79 Å². The minimum atomic E-state index is -0.229. The van der Waals surface area contributed by atoms with E-state index in [0.29, 0.717) is 6.54 Å². The van der Waals surface area contributed by atoms with Crippen LogP contribution in [0.1, 0.15) is 23.6 Å². The predicted octanol–water partition coefficient (Wildman–Crippen LogP) is 3.84. The highest BCUT2D eigenvalue weighted by molar-refractivity contribution is 6.06. The third kappa shape index (κ3) is 3.35. The number of hydrazone groups is 1. The van der Waals surface area contributed by atoms with E-state index < -0.39 is 0 Å². The molecule has 2 aromatic carbocycles. The SMILES string of the molecule is O=C(Nc1ccccc1)N1CCC(c2ccn[nH]2)C(c2ccccc2)=N1. The molecule has 3 aromatic rings. The molecule has 2 heterocycles. The number of H-pyrrole nitrogens is 1. The summed E-state index contributed by atoms with van der Waals surface area (Å²) in [7, 11) is 0. The van der Waals surface area contributed by atoms with Crippen LogP contribution in [-0.4, -0.2) is 33.5 Å². The van der Waals surface area contributed by atoms with Crippen LogP contribution in [0.2, 0.25) is 0 Å². The van der Waals surface area contributed by atoms with Crippen LogP contribution in [0.3, 0.4) is 0 Å². The second kappa shape index (κ2) is 7.23. The molecule has 0 aliphatic carbocycles. The smallest absolute Gasteiger partial charge is 0.306 e. The summed E-state index contributed by atoms with van der Waals surface area (Å²) in [6.07, 6.45) is 2.52. The van der Waals surface area contributed by atoms with Gasteiger partial charge in [-0.05, 0) is 30.2 Å². The van der Waals surface area contributed by atoms with E-state index in [-0.39, 0.29) is 11.9 Å². The van der Waals surface area contributed by atoms with Crippen molar-refractivity contribution in [1.29, 1.82) is 0 Å². The Balaban J connectivity index is 1.63. The molecular formula is C20H19N5O. The Hall–Kier alpha value is -3.41. The monoisotopic (exact) mass is 345 g/mol. The van der Waals surface area contributed by atoms with Crippen molar-refractivity contribution in [3.63, 3.8) is 0 Å². The number of urea groups is 1. The van der Waals surface area contributed by atoms with Crippen LogP contribution in [0, 0.1) is 0 Å². The van der Waals surface area contributed by atoms with Gasteiger partial charge in [0.25, 0.3) is 0 Å². The highest BCUT2D eigenvalue weighted by Crippen LogP contribution is 2.28. The van der Waals surface area contributed by atoms with Crippen molar-refractivity contribution in [1.82, 2.24) is 15.2 Å². The second-order valence-electron chi connectivity index (χ2n) is 6.12. The first kappa shape index (κ1) is 16.1. The molecule has 0 fully saturated rings. The van der Waals surface area contributed by atoms with Crippen molar-refractivity contribution in [2.75, 3.05) is 11.9 Å². The molecule has 26 heavy (non-hydrogen) atoms. The molecule has 130 valence electrons. The van der Waals surface area contributed by atoms with Crippen molar-refractivity contribution < 1.29 is 4.79 Å². The summed E-state index contributed by atoms with van der Waals surface area (Å²) in [6, 6.07) is 21.1. The fourth-order valence-corrected chi connectivity index (χ4v) is 3.13. The third-order valence-electron chi connectivity index (χ3n) is 4.41. The van der Waals surface area contributed by atoms with E-state index in [0.717, 1.165) is 29.1 Å². The number of carbonyl (C=O) groups is 1. The number of hydrogen-bond donors (Lipinski definition) is 2. The Morgan fingerprint density at radius 2 is 1.77 bits per heavy atom. The molecule has 6 heteroatoms. The van der Waals surface area contributed by atoms with Crippen LogP contribution >= 0.6 is 0 Å². The molecule has 1 unspecified atom stereocenters. The number of aromatic nitrogens is 2. The van der Waals surface area contributed by atoms with Gasteiger partial charge in [-0.15, -0.1) is 0 Å². The van der Waals surface area contributed by atoms with Gasteiger partial charge in [-0.1, -0.05) is 48.5 Å². The fraction of sp³-hybridized carbons (Fsp3) is 0.150. The van der Waals surface area contributed by atoms with Gasteiger partial charge in [0.1, 0.15) is 0 Å². The third-order valence-corrected chi connectivity index (χ3v) is 4.41. The summed E-state index contributed by atoms with van der Waals surface area (Å²) in [6.45, 7) is 0.540. The van der Waals surface area contributed by atoms with Crippen LogP contribution < -0.4 is 5.32 Å². The van der Waals surface area contributed by atoms with E-state index in [2.05, 4.69) is 20.6 Å². The van der Waals surface area contributed by atoms with Gasteiger partial charge in [0.2, 0.25) is 0 Å². The largest absolute Gasteiger partial charge is 0.342 e. The van der Waals surface area contributed by atoms with E-state index in [4.69, 9.17) is 0 Å². The van der Waals surface area contributed by atoms with Gasteiger partial charge in [0.15, 0.2) is 0 Å².